The van der Waals surface area contributed by atoms with Crippen molar-refractivity contribution in [3.05, 3.63) is 81.7 Å². The van der Waals surface area contributed by atoms with E-state index >= 15 is 0 Å². The van der Waals surface area contributed by atoms with E-state index in [0.717, 1.165) is 31.2 Å². The number of phenolic OH excluding ortho intramolecular Hbond substituents is 1. The Morgan fingerprint density at radius 1 is 1.00 bits per heavy atom. The maximum Gasteiger partial charge on any atom is 0.257 e. The van der Waals surface area contributed by atoms with E-state index in [4.69, 9.17) is 0 Å². The zero-order valence-corrected chi connectivity index (χ0v) is 17.7. The number of hydrogen-bond donors (Lipinski definition) is 1. The van der Waals surface area contributed by atoms with Crippen molar-refractivity contribution in [3.63, 3.8) is 0 Å². The lowest BCUT2D eigenvalue weighted by Crippen LogP contribution is -2.28. The quantitative estimate of drug-likeness (QED) is 0.481. The molecule has 30 heavy (non-hydrogen) atoms. The first-order valence-corrected chi connectivity index (χ1v) is 10.6. The van der Waals surface area contributed by atoms with Crippen LogP contribution in [0.15, 0.2) is 53.3 Å². The second kappa shape index (κ2) is 10.2. The third-order valence-corrected chi connectivity index (χ3v) is 5.44. The predicted octanol–water partition coefficient (Wildman–Crippen LogP) is 5.43. The molecule has 0 aliphatic rings. The van der Waals surface area contributed by atoms with Gasteiger partial charge in [0.2, 0.25) is 0 Å². The van der Waals surface area contributed by atoms with E-state index in [0.29, 0.717) is 36.5 Å². The molecule has 1 heterocycles. The first kappa shape index (κ1) is 21.8. The van der Waals surface area contributed by atoms with Crippen molar-refractivity contribution >= 4 is 0 Å². The Labute approximate surface area is 177 Å². The number of hydrogen-bond acceptors (Lipinski definition) is 3. The molecule has 0 fully saturated rings. The van der Waals surface area contributed by atoms with Gasteiger partial charge in [-0.3, -0.25) is 9.36 Å². The van der Waals surface area contributed by atoms with E-state index in [1.54, 1.807) is 17.6 Å². The normalized spacial score (nSPS) is 11.0. The molecule has 0 saturated heterocycles. The third kappa shape index (κ3) is 4.96. The summed E-state index contributed by atoms with van der Waals surface area (Å²) in [7, 11) is 0. The lowest BCUT2D eigenvalue weighted by Gasteiger charge is -2.16. The molecule has 0 bridgehead atoms. The zero-order chi connectivity index (χ0) is 21.5. The topological polar surface area (TPSA) is 55.1 Å². The van der Waals surface area contributed by atoms with E-state index in [9.17, 15) is 14.3 Å². The molecule has 0 unspecified atom stereocenters. The smallest absolute Gasteiger partial charge is 0.257 e. The summed E-state index contributed by atoms with van der Waals surface area (Å²) >= 11 is 0. The minimum atomic E-state index is -0.718. The Hall–Kier alpha value is -2.95. The second-order valence-corrected chi connectivity index (χ2v) is 7.63. The van der Waals surface area contributed by atoms with Gasteiger partial charge in [-0.15, -0.1) is 0 Å². The summed E-state index contributed by atoms with van der Waals surface area (Å²) < 4.78 is 15.7. The molecule has 0 aliphatic carbocycles. The maximum atomic E-state index is 14.0. The second-order valence-electron chi connectivity index (χ2n) is 7.63. The van der Waals surface area contributed by atoms with Crippen molar-refractivity contribution in [1.29, 1.82) is 0 Å². The number of aromatic hydroxyl groups is 1. The number of unbranched alkanes of at least 4 members (excludes halogenated alkanes) is 3. The standard InChI is InChI=1S/C25H29FN2O2/c1-3-4-5-9-17-28-18(2)27-23(20-13-10-14-22(26)24(20)29)21(25(28)30)16-15-19-11-7-6-8-12-19/h6-8,10-14,29H,3-5,9,15-17H2,1-2H3. The molecule has 3 aromatic rings. The Balaban J connectivity index is 2.03. The van der Waals surface area contributed by atoms with Crippen LogP contribution < -0.4 is 5.56 Å². The molecule has 3 rings (SSSR count). The molecular weight excluding hydrogens is 379 g/mol. The van der Waals surface area contributed by atoms with Crippen LogP contribution in [0.5, 0.6) is 5.75 Å². The van der Waals surface area contributed by atoms with Crippen LogP contribution in [-0.4, -0.2) is 14.7 Å². The van der Waals surface area contributed by atoms with Crippen LogP contribution in [0.3, 0.4) is 0 Å². The van der Waals surface area contributed by atoms with E-state index < -0.39 is 11.6 Å². The first-order chi connectivity index (χ1) is 14.5. The average molecular weight is 409 g/mol. The minimum absolute atomic E-state index is 0.103. The molecule has 1 aromatic heterocycles. The molecule has 4 nitrogen and oxygen atoms in total. The largest absolute Gasteiger partial charge is 0.504 e. The van der Waals surface area contributed by atoms with Gasteiger partial charge in [-0.1, -0.05) is 62.6 Å². The lowest BCUT2D eigenvalue weighted by atomic mass is 9.99. The molecule has 0 atom stereocenters. The van der Waals surface area contributed by atoms with Crippen LogP contribution in [0, 0.1) is 12.7 Å². The summed E-state index contributed by atoms with van der Waals surface area (Å²) in [5.41, 5.74) is 2.16. The van der Waals surface area contributed by atoms with E-state index in [-0.39, 0.29) is 11.1 Å². The summed E-state index contributed by atoms with van der Waals surface area (Å²) in [6, 6.07) is 14.3. The molecule has 1 N–H and O–H groups in total. The predicted molar refractivity (Wildman–Crippen MR) is 118 cm³/mol. The van der Waals surface area contributed by atoms with Gasteiger partial charge in [0, 0.05) is 17.7 Å². The first-order valence-electron chi connectivity index (χ1n) is 10.6. The number of aryl methyl sites for hydroxylation is 2. The molecular formula is C25H29FN2O2. The fourth-order valence-corrected chi connectivity index (χ4v) is 3.73. The number of halogens is 1. The number of benzene rings is 2. The van der Waals surface area contributed by atoms with E-state index in [2.05, 4.69) is 11.9 Å². The zero-order valence-electron chi connectivity index (χ0n) is 17.7. The van der Waals surface area contributed by atoms with Crippen LogP contribution in [-0.2, 0) is 19.4 Å². The van der Waals surface area contributed by atoms with Crippen molar-refractivity contribution in [1.82, 2.24) is 9.55 Å². The highest BCUT2D eigenvalue weighted by molar-refractivity contribution is 5.69. The Kier molecular flexibility index (Phi) is 7.39. The fraction of sp³-hybridized carbons (Fsp3) is 0.360. The van der Waals surface area contributed by atoms with Crippen molar-refractivity contribution < 1.29 is 9.50 Å². The van der Waals surface area contributed by atoms with Crippen LogP contribution in [0.1, 0.15) is 49.6 Å². The van der Waals surface area contributed by atoms with Gasteiger partial charge in [-0.2, -0.15) is 0 Å². The summed E-state index contributed by atoms with van der Waals surface area (Å²) in [6.45, 7) is 4.56. The molecule has 0 amide bonds. The molecule has 5 heteroatoms. The molecule has 0 spiro atoms. The fourth-order valence-electron chi connectivity index (χ4n) is 3.73. The Morgan fingerprint density at radius 2 is 1.77 bits per heavy atom. The van der Waals surface area contributed by atoms with Gasteiger partial charge in [-0.05, 0) is 43.9 Å². The van der Waals surface area contributed by atoms with Crippen LogP contribution in [0.2, 0.25) is 0 Å². The number of phenols is 1. The highest BCUT2D eigenvalue weighted by Crippen LogP contribution is 2.32. The van der Waals surface area contributed by atoms with Gasteiger partial charge in [0.1, 0.15) is 5.82 Å². The maximum absolute atomic E-state index is 14.0. The van der Waals surface area contributed by atoms with E-state index in [1.807, 2.05) is 30.3 Å². The molecule has 0 aliphatic heterocycles. The van der Waals surface area contributed by atoms with Gasteiger partial charge in [0.05, 0.1) is 5.69 Å². The van der Waals surface area contributed by atoms with Crippen molar-refractivity contribution in [2.75, 3.05) is 0 Å². The molecule has 0 radical (unpaired) electrons. The highest BCUT2D eigenvalue weighted by Gasteiger charge is 2.20. The number of nitrogens with zero attached hydrogens (tertiary/aromatic N) is 2. The SMILES string of the molecule is CCCCCCn1c(C)nc(-c2cccc(F)c2O)c(CCc2ccccc2)c1=O. The Bertz CT molecular complexity index is 1050. The monoisotopic (exact) mass is 408 g/mol. The number of rotatable bonds is 9. The van der Waals surface area contributed by atoms with Gasteiger partial charge < -0.3 is 5.11 Å². The van der Waals surface area contributed by atoms with Crippen molar-refractivity contribution in [2.24, 2.45) is 0 Å². The minimum Gasteiger partial charge on any atom is -0.504 e. The Morgan fingerprint density at radius 3 is 2.50 bits per heavy atom. The van der Waals surface area contributed by atoms with E-state index in [1.165, 1.54) is 12.1 Å². The van der Waals surface area contributed by atoms with Gasteiger partial charge in [0.25, 0.3) is 5.56 Å². The summed E-state index contributed by atoms with van der Waals surface area (Å²) in [4.78, 5) is 18.1. The van der Waals surface area contributed by atoms with Crippen molar-refractivity contribution in [2.45, 2.75) is 58.9 Å². The summed E-state index contributed by atoms with van der Waals surface area (Å²) in [6.07, 6.45) is 5.38. The van der Waals surface area contributed by atoms with Crippen LogP contribution >= 0.6 is 0 Å². The van der Waals surface area contributed by atoms with Crippen LogP contribution in [0.25, 0.3) is 11.3 Å². The number of para-hydroxylation sites is 1. The summed E-state index contributed by atoms with van der Waals surface area (Å²) in [5.74, 6) is -0.603. The van der Waals surface area contributed by atoms with Gasteiger partial charge in [0.15, 0.2) is 11.6 Å². The molecule has 2 aromatic carbocycles. The summed E-state index contributed by atoms with van der Waals surface area (Å²) in [5, 5.41) is 10.3. The molecule has 158 valence electrons. The third-order valence-electron chi connectivity index (χ3n) is 5.44. The highest BCUT2D eigenvalue weighted by atomic mass is 19.1. The van der Waals surface area contributed by atoms with Crippen LogP contribution in [0.4, 0.5) is 4.39 Å². The van der Waals surface area contributed by atoms with Gasteiger partial charge >= 0.3 is 0 Å². The lowest BCUT2D eigenvalue weighted by molar-refractivity contribution is 0.434. The number of aromatic nitrogens is 2. The molecule has 0 saturated carbocycles. The van der Waals surface area contributed by atoms with Gasteiger partial charge in [-0.25, -0.2) is 9.37 Å². The average Bonchev–Trinajstić information content (AvgIpc) is 2.75. The van der Waals surface area contributed by atoms with Crippen molar-refractivity contribution in [3.8, 4) is 17.0 Å².